The zero-order chi connectivity index (χ0) is 25.8. The van der Waals surface area contributed by atoms with Crippen molar-refractivity contribution in [2.75, 3.05) is 5.32 Å². The summed E-state index contributed by atoms with van der Waals surface area (Å²) in [7, 11) is 0. The summed E-state index contributed by atoms with van der Waals surface area (Å²) in [6.45, 7) is 0. The van der Waals surface area contributed by atoms with Gasteiger partial charge in [0.2, 0.25) is 5.91 Å². The molecule has 0 aliphatic heterocycles. The molecule has 6 aromatic rings. The van der Waals surface area contributed by atoms with Crippen LogP contribution in [0.2, 0.25) is 0 Å². The lowest BCUT2D eigenvalue weighted by Crippen LogP contribution is -2.13. The van der Waals surface area contributed by atoms with Gasteiger partial charge < -0.3 is 15.4 Å². The van der Waals surface area contributed by atoms with Gasteiger partial charge in [-0.3, -0.25) is 14.9 Å². The van der Waals surface area contributed by atoms with E-state index in [2.05, 4.69) is 35.5 Å². The lowest BCUT2D eigenvalue weighted by molar-refractivity contribution is -0.117. The third-order valence-electron chi connectivity index (χ3n) is 6.47. The SMILES string of the molecule is O=C(Nc1cncc(-c2ccc3[nH]nc(-c4nc5nccc(-c6cc(O)cc(F)c6)c5[nH]4)c3n2)c1)C1CC1. The molecule has 1 fully saturated rings. The fraction of sp³-hybridized carbons (Fsp3) is 0.111. The number of hydrogen-bond donors (Lipinski definition) is 4. The zero-order valence-electron chi connectivity index (χ0n) is 19.7. The zero-order valence-corrected chi connectivity index (χ0v) is 19.7. The van der Waals surface area contributed by atoms with Crippen molar-refractivity contribution in [3.63, 3.8) is 0 Å². The molecule has 0 radical (unpaired) electrons. The Balaban J connectivity index is 1.29. The number of benzene rings is 1. The number of pyridine rings is 3. The number of aromatic amines is 2. The summed E-state index contributed by atoms with van der Waals surface area (Å²) in [5.74, 6) is -0.196. The van der Waals surface area contributed by atoms with Crippen LogP contribution >= 0.6 is 0 Å². The van der Waals surface area contributed by atoms with Crippen LogP contribution in [0.1, 0.15) is 12.8 Å². The van der Waals surface area contributed by atoms with Gasteiger partial charge in [0.25, 0.3) is 0 Å². The molecule has 10 nitrogen and oxygen atoms in total. The molecule has 38 heavy (non-hydrogen) atoms. The van der Waals surface area contributed by atoms with Gasteiger partial charge >= 0.3 is 0 Å². The van der Waals surface area contributed by atoms with Gasteiger partial charge in [-0.2, -0.15) is 5.10 Å². The second kappa shape index (κ2) is 8.44. The first-order valence-corrected chi connectivity index (χ1v) is 12.0. The molecule has 0 atom stereocenters. The molecule has 1 aliphatic carbocycles. The number of imidazole rings is 1. The number of aromatic hydroxyl groups is 1. The van der Waals surface area contributed by atoms with Gasteiger partial charge in [0.05, 0.1) is 28.6 Å². The van der Waals surface area contributed by atoms with Crippen LogP contribution in [0.5, 0.6) is 5.75 Å². The van der Waals surface area contributed by atoms with Crippen LogP contribution in [0.25, 0.3) is 56.1 Å². The van der Waals surface area contributed by atoms with Crippen molar-refractivity contribution >= 4 is 33.8 Å². The highest BCUT2D eigenvalue weighted by molar-refractivity contribution is 5.96. The van der Waals surface area contributed by atoms with E-state index >= 15 is 0 Å². The van der Waals surface area contributed by atoms with E-state index in [-0.39, 0.29) is 17.6 Å². The quantitative estimate of drug-likeness (QED) is 0.262. The van der Waals surface area contributed by atoms with Crippen molar-refractivity contribution in [2.45, 2.75) is 12.8 Å². The lowest BCUT2D eigenvalue weighted by Gasteiger charge is -2.06. The Morgan fingerprint density at radius 2 is 1.95 bits per heavy atom. The highest BCUT2D eigenvalue weighted by atomic mass is 19.1. The van der Waals surface area contributed by atoms with Crippen LogP contribution in [-0.2, 0) is 4.79 Å². The first-order valence-electron chi connectivity index (χ1n) is 12.0. The van der Waals surface area contributed by atoms with Crippen molar-refractivity contribution < 1.29 is 14.3 Å². The molecule has 5 heterocycles. The Bertz CT molecular complexity index is 1850. The van der Waals surface area contributed by atoms with Crippen LogP contribution in [0.4, 0.5) is 10.1 Å². The second-order valence-electron chi connectivity index (χ2n) is 9.23. The number of fused-ring (bicyclic) bond motifs is 2. The van der Waals surface area contributed by atoms with Gasteiger partial charge in [0.1, 0.15) is 17.1 Å². The van der Waals surface area contributed by atoms with E-state index in [4.69, 9.17) is 4.98 Å². The number of carbonyl (C=O) groups excluding carboxylic acids is 1. The van der Waals surface area contributed by atoms with E-state index in [1.165, 1.54) is 12.1 Å². The maximum absolute atomic E-state index is 14.0. The average molecular weight is 507 g/mol. The van der Waals surface area contributed by atoms with Gasteiger partial charge in [-0.25, -0.2) is 19.3 Å². The Morgan fingerprint density at radius 1 is 1.05 bits per heavy atom. The van der Waals surface area contributed by atoms with Gasteiger partial charge in [-0.15, -0.1) is 0 Å². The number of aromatic nitrogens is 7. The topological polar surface area (TPSA) is 145 Å². The molecule has 11 heteroatoms. The van der Waals surface area contributed by atoms with Crippen LogP contribution in [0, 0.1) is 11.7 Å². The number of halogens is 1. The number of anilines is 1. The fourth-order valence-corrected chi connectivity index (χ4v) is 4.46. The van der Waals surface area contributed by atoms with Crippen molar-refractivity contribution in [1.29, 1.82) is 0 Å². The maximum atomic E-state index is 14.0. The molecular weight excluding hydrogens is 487 g/mol. The Labute approximate surface area is 214 Å². The van der Waals surface area contributed by atoms with Crippen LogP contribution in [0.15, 0.2) is 61.1 Å². The van der Waals surface area contributed by atoms with Gasteiger partial charge in [0.15, 0.2) is 17.2 Å². The predicted molar refractivity (Wildman–Crippen MR) is 138 cm³/mol. The normalized spacial score (nSPS) is 13.3. The molecule has 0 saturated heterocycles. The maximum Gasteiger partial charge on any atom is 0.227 e. The van der Waals surface area contributed by atoms with E-state index in [9.17, 15) is 14.3 Å². The number of hydrogen-bond acceptors (Lipinski definition) is 7. The third kappa shape index (κ3) is 3.90. The molecule has 4 N–H and O–H groups in total. The molecule has 0 spiro atoms. The first-order chi connectivity index (χ1) is 18.5. The number of amides is 1. The van der Waals surface area contributed by atoms with E-state index < -0.39 is 5.82 Å². The molecule has 7 rings (SSSR count). The van der Waals surface area contributed by atoms with Gasteiger partial charge in [0, 0.05) is 35.5 Å². The average Bonchev–Trinajstić information content (AvgIpc) is 3.54. The largest absolute Gasteiger partial charge is 0.508 e. The minimum absolute atomic E-state index is 0.0100. The molecular formula is C27H19FN8O2. The van der Waals surface area contributed by atoms with Crippen molar-refractivity contribution in [1.82, 2.24) is 35.1 Å². The smallest absolute Gasteiger partial charge is 0.227 e. The van der Waals surface area contributed by atoms with E-state index in [0.29, 0.717) is 56.2 Å². The summed E-state index contributed by atoms with van der Waals surface area (Å²) in [6, 6.07) is 11.1. The van der Waals surface area contributed by atoms with E-state index in [1.807, 2.05) is 18.2 Å². The van der Waals surface area contributed by atoms with Crippen molar-refractivity contribution in [3.8, 4) is 39.7 Å². The molecule has 5 aromatic heterocycles. The molecule has 1 aliphatic rings. The second-order valence-corrected chi connectivity index (χ2v) is 9.23. The highest BCUT2D eigenvalue weighted by Crippen LogP contribution is 2.33. The number of carbonyl (C=O) groups is 1. The number of phenolic OH excluding ortho intramolecular Hbond substituents is 1. The summed E-state index contributed by atoms with van der Waals surface area (Å²) in [5, 5.41) is 20.2. The molecule has 0 unspecified atom stereocenters. The van der Waals surface area contributed by atoms with E-state index in [0.717, 1.165) is 24.5 Å². The molecule has 186 valence electrons. The van der Waals surface area contributed by atoms with E-state index in [1.54, 1.807) is 24.7 Å². The van der Waals surface area contributed by atoms with Crippen molar-refractivity contribution in [2.24, 2.45) is 5.92 Å². The summed E-state index contributed by atoms with van der Waals surface area (Å²) in [6.07, 6.45) is 6.72. The van der Waals surface area contributed by atoms with Crippen LogP contribution in [-0.4, -0.2) is 46.1 Å². The Hall–Kier alpha value is -5.19. The van der Waals surface area contributed by atoms with Crippen LogP contribution in [0.3, 0.4) is 0 Å². The van der Waals surface area contributed by atoms with Gasteiger partial charge in [-0.05, 0) is 54.8 Å². The molecule has 0 bridgehead atoms. The molecule has 1 aromatic carbocycles. The lowest BCUT2D eigenvalue weighted by atomic mass is 10.1. The molecule has 1 amide bonds. The number of H-pyrrole nitrogens is 2. The first kappa shape index (κ1) is 22.0. The minimum Gasteiger partial charge on any atom is -0.508 e. The number of rotatable bonds is 5. The van der Waals surface area contributed by atoms with Crippen molar-refractivity contribution in [3.05, 3.63) is 66.9 Å². The Kier molecular flexibility index (Phi) is 4.90. The third-order valence-corrected chi connectivity index (χ3v) is 6.47. The summed E-state index contributed by atoms with van der Waals surface area (Å²) < 4.78 is 14.0. The monoisotopic (exact) mass is 506 g/mol. The van der Waals surface area contributed by atoms with Crippen LogP contribution < -0.4 is 5.32 Å². The summed E-state index contributed by atoms with van der Waals surface area (Å²) in [4.78, 5) is 33.4. The summed E-state index contributed by atoms with van der Waals surface area (Å²) in [5.41, 5.74) is 5.89. The standard InChI is InChI=1S/C27H19FN8O2/c28-16-7-14(9-18(37)10-16)19-5-6-30-25-22(19)33-26(34-25)24-23-21(35-36-24)4-3-20(32-23)15-8-17(12-29-11-15)31-27(38)13-1-2-13/h3-13,37H,1-2H2,(H,31,38)(H,35,36)(H,30,33,34). The Morgan fingerprint density at radius 3 is 2.79 bits per heavy atom. The number of nitrogens with zero attached hydrogens (tertiary/aromatic N) is 5. The number of phenols is 1. The minimum atomic E-state index is -0.551. The predicted octanol–water partition coefficient (Wildman–Crippen LogP) is 4.82. The van der Waals surface area contributed by atoms with Gasteiger partial charge in [-0.1, -0.05) is 0 Å². The highest BCUT2D eigenvalue weighted by Gasteiger charge is 2.29. The molecule has 1 saturated carbocycles. The summed E-state index contributed by atoms with van der Waals surface area (Å²) >= 11 is 0. The fourth-order valence-electron chi connectivity index (χ4n) is 4.46. The number of nitrogens with one attached hydrogen (secondary N) is 3.